The first-order valence-electron chi connectivity index (χ1n) is 3.78. The van der Waals surface area contributed by atoms with E-state index in [1.54, 1.807) is 11.4 Å². The summed E-state index contributed by atoms with van der Waals surface area (Å²) in [5, 5.41) is 19.1. The molecule has 0 radical (unpaired) electrons. The highest BCUT2D eigenvalue weighted by Gasteiger charge is 2.06. The highest BCUT2D eigenvalue weighted by atomic mass is 16.4. The van der Waals surface area contributed by atoms with Gasteiger partial charge in [-0.3, -0.25) is 0 Å². The van der Waals surface area contributed by atoms with Gasteiger partial charge in [0.25, 0.3) is 0 Å². The Morgan fingerprint density at radius 2 is 2.15 bits per heavy atom. The van der Waals surface area contributed by atoms with Crippen molar-refractivity contribution in [1.82, 2.24) is 0 Å². The molecule has 0 aliphatic rings. The number of rotatable bonds is 3. The molecule has 70 valence electrons. The molecular weight excluding hydrogens is 170 g/mol. The molecule has 0 bridgehead atoms. The smallest absolute Gasteiger partial charge is 0.335 e. The molecule has 4 heteroatoms. The van der Waals surface area contributed by atoms with Gasteiger partial charge in [-0.15, -0.1) is 7.05 Å². The standard InChI is InChI=1S/C9H11NO3/c1-10-8-3-6(5-11)2-7(4-8)9(12)13/h2-4,11H,1,5,10H2,(H,12,13). The number of aliphatic hydroxyl groups is 1. The molecule has 4 N–H and O–H groups in total. The van der Waals surface area contributed by atoms with E-state index in [1.165, 1.54) is 12.1 Å². The minimum absolute atomic E-state index is 0.165. The van der Waals surface area contributed by atoms with Crippen LogP contribution in [0.1, 0.15) is 15.9 Å². The van der Waals surface area contributed by atoms with Gasteiger partial charge in [-0.2, -0.15) is 0 Å². The number of quaternary nitrogens is 1. The highest BCUT2D eigenvalue weighted by Crippen LogP contribution is 2.11. The number of hydrogen-bond donors (Lipinski definition) is 3. The van der Waals surface area contributed by atoms with Crippen molar-refractivity contribution in [1.29, 1.82) is 0 Å². The maximum absolute atomic E-state index is 10.6. The van der Waals surface area contributed by atoms with Gasteiger partial charge in [-0.05, 0) is 11.6 Å². The Kier molecular flexibility index (Phi) is 3.00. The first kappa shape index (κ1) is 9.70. The lowest BCUT2D eigenvalue weighted by atomic mass is 10.1. The van der Waals surface area contributed by atoms with Gasteiger partial charge in [0, 0.05) is 12.1 Å². The third kappa shape index (κ3) is 2.27. The van der Waals surface area contributed by atoms with Crippen LogP contribution >= 0.6 is 0 Å². The zero-order valence-corrected chi connectivity index (χ0v) is 7.03. The summed E-state index contributed by atoms with van der Waals surface area (Å²) in [4.78, 5) is 10.6. The SMILES string of the molecule is [CH2-][NH2+]c1cc(CO)cc(C(=O)O)c1. The van der Waals surface area contributed by atoms with Crippen molar-refractivity contribution in [3.05, 3.63) is 36.4 Å². The van der Waals surface area contributed by atoms with E-state index in [-0.39, 0.29) is 12.2 Å². The average Bonchev–Trinajstić information content (AvgIpc) is 2.16. The van der Waals surface area contributed by atoms with E-state index in [4.69, 9.17) is 10.2 Å². The molecule has 0 heterocycles. The van der Waals surface area contributed by atoms with Crippen molar-refractivity contribution in [3.8, 4) is 0 Å². The molecule has 1 aromatic rings. The lowest BCUT2D eigenvalue weighted by Crippen LogP contribution is -2.69. The number of carboxylic acids is 1. The first-order chi connectivity index (χ1) is 6.17. The molecule has 0 aliphatic heterocycles. The van der Waals surface area contributed by atoms with Crippen molar-refractivity contribution in [2.24, 2.45) is 0 Å². The van der Waals surface area contributed by atoms with Gasteiger partial charge in [0.2, 0.25) is 0 Å². The van der Waals surface area contributed by atoms with Crippen LogP contribution in [0.4, 0.5) is 5.69 Å². The average molecular weight is 181 g/mol. The van der Waals surface area contributed by atoms with Gasteiger partial charge >= 0.3 is 5.97 Å². The number of benzene rings is 1. The fraction of sp³-hybridized carbons (Fsp3) is 0.111. The summed E-state index contributed by atoms with van der Waals surface area (Å²) in [5.41, 5.74) is 1.44. The molecule has 4 nitrogen and oxygen atoms in total. The van der Waals surface area contributed by atoms with Crippen LogP contribution in [0.5, 0.6) is 0 Å². The molecule has 0 saturated heterocycles. The molecule has 0 fully saturated rings. The topological polar surface area (TPSA) is 74.1 Å². The summed E-state index contributed by atoms with van der Waals surface area (Å²) in [6.45, 7) is -0.165. The molecule has 0 amide bonds. The lowest BCUT2D eigenvalue weighted by molar-refractivity contribution is -0.504. The number of carbonyl (C=O) groups is 1. The number of hydrogen-bond acceptors (Lipinski definition) is 2. The van der Waals surface area contributed by atoms with Gasteiger partial charge in [0.1, 0.15) is 5.69 Å². The van der Waals surface area contributed by atoms with Crippen LogP contribution in [0, 0.1) is 7.05 Å². The Bertz CT molecular complexity index is 300. The Hall–Kier alpha value is -1.39. The van der Waals surface area contributed by atoms with Gasteiger partial charge in [0.05, 0.1) is 12.2 Å². The maximum atomic E-state index is 10.6. The van der Waals surface area contributed by atoms with E-state index in [0.29, 0.717) is 11.3 Å². The number of aromatic carboxylic acids is 1. The third-order valence-electron chi connectivity index (χ3n) is 1.68. The minimum Gasteiger partial charge on any atom is -0.478 e. The van der Waals surface area contributed by atoms with E-state index in [9.17, 15) is 4.79 Å². The van der Waals surface area contributed by atoms with Crippen molar-refractivity contribution in [2.75, 3.05) is 0 Å². The first-order valence-corrected chi connectivity index (χ1v) is 3.78. The van der Waals surface area contributed by atoms with E-state index in [0.717, 1.165) is 0 Å². The molecule has 0 spiro atoms. The Morgan fingerprint density at radius 3 is 2.62 bits per heavy atom. The monoisotopic (exact) mass is 181 g/mol. The molecule has 1 rings (SSSR count). The number of nitrogens with two attached hydrogens (primary N) is 1. The van der Waals surface area contributed by atoms with E-state index in [2.05, 4.69) is 7.05 Å². The summed E-state index contributed by atoms with van der Waals surface area (Å²) in [7, 11) is 3.53. The Morgan fingerprint density at radius 1 is 1.46 bits per heavy atom. The molecule has 0 aliphatic carbocycles. The zero-order valence-electron chi connectivity index (χ0n) is 7.03. The zero-order chi connectivity index (χ0) is 9.84. The van der Waals surface area contributed by atoms with Crippen molar-refractivity contribution < 1.29 is 20.3 Å². The predicted molar refractivity (Wildman–Crippen MR) is 46.3 cm³/mol. The lowest BCUT2D eigenvalue weighted by Gasteiger charge is -2.04. The van der Waals surface area contributed by atoms with E-state index in [1.807, 2.05) is 0 Å². The van der Waals surface area contributed by atoms with Gasteiger partial charge < -0.3 is 15.5 Å². The van der Waals surface area contributed by atoms with Crippen molar-refractivity contribution >= 4 is 11.7 Å². The molecule has 0 aromatic heterocycles. The van der Waals surface area contributed by atoms with Gasteiger partial charge in [0.15, 0.2) is 0 Å². The second-order valence-corrected chi connectivity index (χ2v) is 2.63. The largest absolute Gasteiger partial charge is 0.478 e. The van der Waals surface area contributed by atoms with Crippen LogP contribution in [-0.2, 0) is 6.61 Å². The second kappa shape index (κ2) is 4.02. The summed E-state index contributed by atoms with van der Waals surface area (Å²) in [6.07, 6.45) is 0. The van der Waals surface area contributed by atoms with Gasteiger partial charge in [-0.25, -0.2) is 4.79 Å². The summed E-state index contributed by atoms with van der Waals surface area (Å²) in [6, 6.07) is 4.64. The summed E-state index contributed by atoms with van der Waals surface area (Å²) < 4.78 is 0. The molecule has 1 aromatic carbocycles. The summed E-state index contributed by atoms with van der Waals surface area (Å²) in [5.74, 6) is -1.00. The van der Waals surface area contributed by atoms with Crippen LogP contribution < -0.4 is 5.32 Å². The van der Waals surface area contributed by atoms with Crippen molar-refractivity contribution in [3.63, 3.8) is 0 Å². The molecular formula is C9H11NO3. The maximum Gasteiger partial charge on any atom is 0.335 e. The highest BCUT2D eigenvalue weighted by molar-refractivity contribution is 5.88. The van der Waals surface area contributed by atoms with E-state index >= 15 is 0 Å². The molecule has 0 atom stereocenters. The quantitative estimate of drug-likeness (QED) is 0.449. The van der Waals surface area contributed by atoms with Crippen LogP contribution in [0.3, 0.4) is 0 Å². The fourth-order valence-electron chi connectivity index (χ4n) is 1.05. The fourth-order valence-corrected chi connectivity index (χ4v) is 1.05. The molecule has 0 unspecified atom stereocenters. The molecule has 0 saturated carbocycles. The second-order valence-electron chi connectivity index (χ2n) is 2.63. The third-order valence-corrected chi connectivity index (χ3v) is 1.68. The normalized spacial score (nSPS) is 10.0. The van der Waals surface area contributed by atoms with Crippen molar-refractivity contribution in [2.45, 2.75) is 6.61 Å². The predicted octanol–water partition coefficient (Wildman–Crippen LogP) is -0.136. The Balaban J connectivity index is 3.14. The van der Waals surface area contributed by atoms with Crippen LogP contribution in [0.15, 0.2) is 18.2 Å². The Labute approximate surface area is 75.8 Å². The van der Waals surface area contributed by atoms with Crippen LogP contribution in [-0.4, -0.2) is 16.2 Å². The number of aliphatic hydroxyl groups excluding tert-OH is 1. The van der Waals surface area contributed by atoms with Gasteiger partial charge in [-0.1, -0.05) is 0 Å². The molecule has 13 heavy (non-hydrogen) atoms. The number of carboxylic acid groups (broad SMARTS) is 1. The van der Waals surface area contributed by atoms with Crippen LogP contribution in [0.25, 0.3) is 0 Å². The minimum atomic E-state index is -1.00. The van der Waals surface area contributed by atoms with Crippen LogP contribution in [0.2, 0.25) is 0 Å². The van der Waals surface area contributed by atoms with E-state index < -0.39 is 5.97 Å². The summed E-state index contributed by atoms with van der Waals surface area (Å²) >= 11 is 0.